The molecule has 0 aliphatic carbocycles. The lowest BCUT2D eigenvalue weighted by Gasteiger charge is -2.11. The van der Waals surface area contributed by atoms with Gasteiger partial charge in [-0.25, -0.2) is 0 Å². The summed E-state index contributed by atoms with van der Waals surface area (Å²) in [4.78, 5) is 13.2. The van der Waals surface area contributed by atoms with Crippen LogP contribution in [0.15, 0.2) is 95.6 Å². The van der Waals surface area contributed by atoms with Crippen molar-refractivity contribution in [2.24, 2.45) is 5.10 Å². The summed E-state index contributed by atoms with van der Waals surface area (Å²) in [5.74, 6) is 2.93. The number of terminal acetylenes is 1. The molecule has 0 radical (unpaired) electrons. The van der Waals surface area contributed by atoms with Crippen molar-refractivity contribution in [3.8, 4) is 18.1 Å². The minimum absolute atomic E-state index is 0.176. The SMILES string of the molecule is C#CCOc1cccc(/C=C2/C(=O)N(c3ccccc3)N=C2c2ccccc2)c1. The van der Waals surface area contributed by atoms with E-state index in [2.05, 4.69) is 11.0 Å². The van der Waals surface area contributed by atoms with Crippen molar-refractivity contribution in [1.82, 2.24) is 0 Å². The predicted molar refractivity (Wildman–Crippen MR) is 116 cm³/mol. The highest BCUT2D eigenvalue weighted by Gasteiger charge is 2.31. The number of ether oxygens (including phenoxy) is 1. The van der Waals surface area contributed by atoms with Crippen LogP contribution in [0.1, 0.15) is 11.1 Å². The van der Waals surface area contributed by atoms with Crippen LogP contribution in [-0.2, 0) is 4.79 Å². The lowest BCUT2D eigenvalue weighted by molar-refractivity contribution is -0.114. The van der Waals surface area contributed by atoms with E-state index in [1.807, 2.05) is 91.0 Å². The Labute approximate surface area is 169 Å². The minimum atomic E-state index is -0.176. The number of hydrazone groups is 1. The van der Waals surface area contributed by atoms with Crippen LogP contribution in [0.4, 0.5) is 5.69 Å². The monoisotopic (exact) mass is 378 g/mol. The Morgan fingerprint density at radius 3 is 2.41 bits per heavy atom. The highest BCUT2D eigenvalue weighted by atomic mass is 16.5. The maximum Gasteiger partial charge on any atom is 0.281 e. The molecule has 0 atom stereocenters. The van der Waals surface area contributed by atoms with E-state index in [0.717, 1.165) is 16.8 Å². The van der Waals surface area contributed by atoms with E-state index in [9.17, 15) is 4.79 Å². The summed E-state index contributed by atoms with van der Waals surface area (Å²) in [5, 5.41) is 6.07. The smallest absolute Gasteiger partial charge is 0.281 e. The van der Waals surface area contributed by atoms with Gasteiger partial charge in [-0.3, -0.25) is 4.79 Å². The third-order valence-electron chi connectivity index (χ3n) is 4.42. The molecule has 1 aliphatic heterocycles. The Morgan fingerprint density at radius 2 is 1.69 bits per heavy atom. The van der Waals surface area contributed by atoms with Gasteiger partial charge in [0.15, 0.2) is 0 Å². The van der Waals surface area contributed by atoms with E-state index in [4.69, 9.17) is 11.2 Å². The first-order valence-electron chi connectivity index (χ1n) is 9.18. The number of benzene rings is 3. The first-order valence-corrected chi connectivity index (χ1v) is 9.18. The van der Waals surface area contributed by atoms with Crippen molar-refractivity contribution < 1.29 is 9.53 Å². The van der Waals surface area contributed by atoms with E-state index in [-0.39, 0.29) is 12.5 Å². The second-order valence-corrected chi connectivity index (χ2v) is 6.39. The Morgan fingerprint density at radius 1 is 0.966 bits per heavy atom. The van der Waals surface area contributed by atoms with Gasteiger partial charge >= 0.3 is 0 Å². The fourth-order valence-electron chi connectivity index (χ4n) is 3.08. The second kappa shape index (κ2) is 8.28. The summed E-state index contributed by atoms with van der Waals surface area (Å²) in [6.07, 6.45) is 7.10. The molecule has 29 heavy (non-hydrogen) atoms. The molecule has 0 spiro atoms. The number of hydrogen-bond donors (Lipinski definition) is 0. The molecule has 3 aromatic carbocycles. The molecule has 0 unspecified atom stereocenters. The van der Waals surface area contributed by atoms with Crippen LogP contribution in [-0.4, -0.2) is 18.2 Å². The summed E-state index contributed by atoms with van der Waals surface area (Å²) < 4.78 is 5.50. The molecule has 3 aromatic rings. The first-order chi connectivity index (χ1) is 14.3. The highest BCUT2D eigenvalue weighted by molar-refractivity contribution is 6.37. The van der Waals surface area contributed by atoms with Crippen molar-refractivity contribution >= 4 is 23.4 Å². The molecular weight excluding hydrogens is 360 g/mol. The third-order valence-corrected chi connectivity index (χ3v) is 4.42. The van der Waals surface area contributed by atoms with E-state index < -0.39 is 0 Å². The number of rotatable bonds is 5. The molecule has 0 N–H and O–H groups in total. The summed E-state index contributed by atoms with van der Waals surface area (Å²) in [6, 6.07) is 26.5. The Hall–Kier alpha value is -4.10. The molecule has 4 rings (SSSR count). The van der Waals surface area contributed by atoms with Gasteiger partial charge in [-0.1, -0.05) is 66.6 Å². The number of carbonyl (C=O) groups is 1. The molecule has 1 aliphatic rings. The number of carbonyl (C=O) groups excluding carboxylic acids is 1. The van der Waals surface area contributed by atoms with Gasteiger partial charge in [-0.2, -0.15) is 10.1 Å². The van der Waals surface area contributed by atoms with Crippen LogP contribution >= 0.6 is 0 Å². The summed E-state index contributed by atoms with van der Waals surface area (Å²) in [6.45, 7) is 0.192. The zero-order valence-corrected chi connectivity index (χ0v) is 15.7. The van der Waals surface area contributed by atoms with Gasteiger partial charge in [0.1, 0.15) is 18.1 Å². The highest BCUT2D eigenvalue weighted by Crippen LogP contribution is 2.28. The fourth-order valence-corrected chi connectivity index (χ4v) is 3.08. The van der Waals surface area contributed by atoms with Crippen molar-refractivity contribution in [2.45, 2.75) is 0 Å². The Bertz CT molecular complexity index is 1130. The molecule has 0 bridgehead atoms. The van der Waals surface area contributed by atoms with Crippen LogP contribution in [0.3, 0.4) is 0 Å². The molecule has 0 aromatic heterocycles. The van der Waals surface area contributed by atoms with Crippen LogP contribution in [0.2, 0.25) is 0 Å². The van der Waals surface area contributed by atoms with E-state index in [1.54, 1.807) is 0 Å². The zero-order valence-electron chi connectivity index (χ0n) is 15.7. The van der Waals surface area contributed by atoms with E-state index in [0.29, 0.717) is 17.0 Å². The van der Waals surface area contributed by atoms with Crippen LogP contribution < -0.4 is 9.75 Å². The lowest BCUT2D eigenvalue weighted by atomic mass is 10.00. The Kier molecular flexibility index (Phi) is 5.22. The largest absolute Gasteiger partial charge is 0.481 e. The van der Waals surface area contributed by atoms with Gasteiger partial charge in [0, 0.05) is 5.56 Å². The summed E-state index contributed by atoms with van der Waals surface area (Å²) in [5.41, 5.74) is 3.59. The number of amides is 1. The molecule has 140 valence electrons. The summed E-state index contributed by atoms with van der Waals surface area (Å²) >= 11 is 0. The summed E-state index contributed by atoms with van der Waals surface area (Å²) in [7, 11) is 0. The van der Waals surface area contributed by atoms with Gasteiger partial charge in [0.05, 0.1) is 11.3 Å². The molecule has 0 fully saturated rings. The van der Waals surface area contributed by atoms with Gasteiger partial charge in [-0.15, -0.1) is 6.42 Å². The molecule has 1 heterocycles. The molecular formula is C25H18N2O2. The van der Waals surface area contributed by atoms with Crippen molar-refractivity contribution in [2.75, 3.05) is 11.6 Å². The standard InChI is InChI=1S/C25H18N2O2/c1-2-16-29-22-15-9-10-19(17-22)18-23-24(20-11-5-3-6-12-20)26-27(25(23)28)21-13-7-4-8-14-21/h1,3-15,17-18H,16H2/b23-18+. The molecule has 0 saturated carbocycles. The molecule has 4 nitrogen and oxygen atoms in total. The lowest BCUT2D eigenvalue weighted by Crippen LogP contribution is -2.21. The van der Waals surface area contributed by atoms with Gasteiger partial charge in [-0.05, 0) is 35.9 Å². The second-order valence-electron chi connectivity index (χ2n) is 6.39. The third kappa shape index (κ3) is 3.95. The van der Waals surface area contributed by atoms with E-state index >= 15 is 0 Å². The molecule has 1 amide bonds. The number of nitrogens with zero attached hydrogens (tertiary/aromatic N) is 2. The fraction of sp³-hybridized carbons (Fsp3) is 0.0400. The number of anilines is 1. The quantitative estimate of drug-likeness (QED) is 0.483. The van der Waals surface area contributed by atoms with Crippen molar-refractivity contribution in [1.29, 1.82) is 0 Å². The first kappa shape index (κ1) is 18.3. The minimum Gasteiger partial charge on any atom is -0.481 e. The topological polar surface area (TPSA) is 41.9 Å². The van der Waals surface area contributed by atoms with Crippen LogP contribution in [0.5, 0.6) is 5.75 Å². The van der Waals surface area contributed by atoms with Gasteiger partial charge in [0.2, 0.25) is 0 Å². The maximum atomic E-state index is 13.2. The maximum absolute atomic E-state index is 13.2. The Balaban J connectivity index is 1.76. The molecule has 0 saturated heterocycles. The number of hydrogen-bond acceptors (Lipinski definition) is 3. The van der Waals surface area contributed by atoms with E-state index in [1.165, 1.54) is 5.01 Å². The normalized spacial score (nSPS) is 14.6. The molecule has 4 heteroatoms. The van der Waals surface area contributed by atoms with Crippen LogP contribution in [0, 0.1) is 12.3 Å². The van der Waals surface area contributed by atoms with Gasteiger partial charge < -0.3 is 4.74 Å². The predicted octanol–water partition coefficient (Wildman–Crippen LogP) is 4.53. The average molecular weight is 378 g/mol. The zero-order chi connectivity index (χ0) is 20.1. The van der Waals surface area contributed by atoms with Crippen LogP contribution in [0.25, 0.3) is 6.08 Å². The average Bonchev–Trinajstić information content (AvgIpc) is 3.10. The van der Waals surface area contributed by atoms with Gasteiger partial charge in [0.25, 0.3) is 5.91 Å². The van der Waals surface area contributed by atoms with Crippen molar-refractivity contribution in [3.63, 3.8) is 0 Å². The number of para-hydroxylation sites is 1. The van der Waals surface area contributed by atoms with Crippen molar-refractivity contribution in [3.05, 3.63) is 102 Å².